The minimum atomic E-state index is -0.924. The van der Waals surface area contributed by atoms with Crippen molar-refractivity contribution in [2.45, 2.75) is 30.6 Å². The van der Waals surface area contributed by atoms with Gasteiger partial charge in [-0.05, 0) is 42.0 Å². The maximum atomic E-state index is 12.6. The summed E-state index contributed by atoms with van der Waals surface area (Å²) in [5.74, 6) is -0.00368. The summed E-state index contributed by atoms with van der Waals surface area (Å²) in [6.45, 7) is -0.167. The highest BCUT2D eigenvalue weighted by Crippen LogP contribution is 2.42. The SMILES string of the molecule is O=C(O)CN(C(=O)[C@H]1SCCc2sccc21)C1CC1. The van der Waals surface area contributed by atoms with Crippen LogP contribution >= 0.6 is 23.1 Å². The summed E-state index contributed by atoms with van der Waals surface area (Å²) in [4.78, 5) is 26.4. The molecule has 1 saturated carbocycles. The number of carbonyl (C=O) groups is 2. The molecule has 19 heavy (non-hydrogen) atoms. The highest BCUT2D eigenvalue weighted by atomic mass is 32.2. The van der Waals surface area contributed by atoms with Crippen LogP contribution in [0.1, 0.15) is 28.5 Å². The zero-order valence-corrected chi connectivity index (χ0v) is 12.0. The molecule has 0 saturated heterocycles. The van der Waals surface area contributed by atoms with Gasteiger partial charge in [0.1, 0.15) is 11.8 Å². The Hall–Kier alpha value is -1.01. The second kappa shape index (κ2) is 5.17. The molecular weight excluding hydrogens is 282 g/mol. The standard InChI is InChI=1S/C13H15NO3S2/c15-11(16)7-14(8-1-2-8)13(17)12-9-3-5-18-10(9)4-6-19-12/h3,5,8,12H,1-2,4,6-7H2,(H,15,16)/t12-/m0/s1. The molecule has 102 valence electrons. The molecule has 3 rings (SSSR count). The summed E-state index contributed by atoms with van der Waals surface area (Å²) in [6.07, 6.45) is 2.89. The van der Waals surface area contributed by atoms with Gasteiger partial charge in [-0.15, -0.1) is 23.1 Å². The van der Waals surface area contributed by atoms with Gasteiger partial charge in [0.15, 0.2) is 0 Å². The van der Waals surface area contributed by atoms with Crippen LogP contribution in [0.15, 0.2) is 11.4 Å². The summed E-state index contributed by atoms with van der Waals surface area (Å²) in [7, 11) is 0. The van der Waals surface area contributed by atoms with Crippen molar-refractivity contribution in [3.05, 3.63) is 21.9 Å². The van der Waals surface area contributed by atoms with E-state index in [1.165, 1.54) is 4.88 Å². The van der Waals surface area contributed by atoms with Crippen molar-refractivity contribution in [3.8, 4) is 0 Å². The first-order valence-corrected chi connectivity index (χ1v) is 8.30. The molecule has 2 aliphatic rings. The number of fused-ring (bicyclic) bond motifs is 1. The third-order valence-electron chi connectivity index (χ3n) is 3.48. The van der Waals surface area contributed by atoms with Crippen molar-refractivity contribution in [1.29, 1.82) is 0 Å². The van der Waals surface area contributed by atoms with Gasteiger partial charge in [-0.25, -0.2) is 0 Å². The van der Waals surface area contributed by atoms with E-state index in [-0.39, 0.29) is 23.7 Å². The Morgan fingerprint density at radius 3 is 2.89 bits per heavy atom. The zero-order chi connectivity index (χ0) is 13.4. The number of thioether (sulfide) groups is 1. The van der Waals surface area contributed by atoms with Gasteiger partial charge in [0, 0.05) is 10.9 Å². The molecule has 0 spiro atoms. The van der Waals surface area contributed by atoms with Crippen LogP contribution in [0.25, 0.3) is 0 Å². The van der Waals surface area contributed by atoms with Crippen LogP contribution in [-0.2, 0) is 16.0 Å². The fourth-order valence-corrected chi connectivity index (χ4v) is 4.78. The van der Waals surface area contributed by atoms with E-state index in [1.54, 1.807) is 28.0 Å². The highest BCUT2D eigenvalue weighted by molar-refractivity contribution is 8.00. The fraction of sp³-hybridized carbons (Fsp3) is 0.538. The average molecular weight is 297 g/mol. The van der Waals surface area contributed by atoms with Gasteiger partial charge in [0.25, 0.3) is 0 Å². The summed E-state index contributed by atoms with van der Waals surface area (Å²) < 4.78 is 0. The molecule has 4 nitrogen and oxygen atoms in total. The Bertz CT molecular complexity index is 510. The van der Waals surface area contributed by atoms with Gasteiger partial charge in [0.2, 0.25) is 5.91 Å². The number of hydrogen-bond acceptors (Lipinski definition) is 4. The van der Waals surface area contributed by atoms with Crippen LogP contribution in [0.4, 0.5) is 0 Å². The lowest BCUT2D eigenvalue weighted by molar-refractivity contribution is -0.144. The number of rotatable bonds is 4. The predicted octanol–water partition coefficient (Wildman–Crippen LogP) is 2.15. The smallest absolute Gasteiger partial charge is 0.323 e. The number of carboxylic acid groups (broad SMARTS) is 1. The van der Waals surface area contributed by atoms with Crippen molar-refractivity contribution in [3.63, 3.8) is 0 Å². The van der Waals surface area contributed by atoms with E-state index in [1.807, 2.05) is 11.4 Å². The Labute approximate surface area is 119 Å². The summed E-state index contributed by atoms with van der Waals surface area (Å²) in [5, 5.41) is 10.8. The van der Waals surface area contributed by atoms with Crippen LogP contribution in [-0.4, -0.2) is 40.2 Å². The lowest BCUT2D eigenvalue weighted by atomic mass is 10.1. The Morgan fingerprint density at radius 1 is 1.42 bits per heavy atom. The van der Waals surface area contributed by atoms with E-state index in [0.717, 1.165) is 30.6 Å². The number of nitrogens with zero attached hydrogens (tertiary/aromatic N) is 1. The predicted molar refractivity (Wildman–Crippen MR) is 75.6 cm³/mol. The topological polar surface area (TPSA) is 57.6 Å². The molecule has 1 aromatic heterocycles. The number of aliphatic carboxylic acids is 1. The number of carbonyl (C=O) groups excluding carboxylic acids is 1. The number of aryl methyl sites for hydroxylation is 1. The summed E-state index contributed by atoms with van der Waals surface area (Å²) in [5.41, 5.74) is 1.10. The molecule has 1 aliphatic heterocycles. The van der Waals surface area contributed by atoms with Crippen molar-refractivity contribution in [1.82, 2.24) is 4.90 Å². The minimum Gasteiger partial charge on any atom is -0.480 e. The van der Waals surface area contributed by atoms with Crippen molar-refractivity contribution in [2.24, 2.45) is 0 Å². The highest BCUT2D eigenvalue weighted by Gasteiger charge is 2.39. The molecule has 1 aliphatic carbocycles. The largest absolute Gasteiger partial charge is 0.480 e. The summed E-state index contributed by atoms with van der Waals surface area (Å²) >= 11 is 3.34. The van der Waals surface area contributed by atoms with Gasteiger partial charge in [-0.1, -0.05) is 0 Å². The number of hydrogen-bond donors (Lipinski definition) is 1. The number of amides is 1. The quantitative estimate of drug-likeness (QED) is 0.925. The molecular formula is C13H15NO3S2. The van der Waals surface area contributed by atoms with Crippen molar-refractivity contribution in [2.75, 3.05) is 12.3 Å². The maximum Gasteiger partial charge on any atom is 0.323 e. The van der Waals surface area contributed by atoms with Crippen LogP contribution in [0.3, 0.4) is 0 Å². The molecule has 0 aromatic carbocycles. The van der Waals surface area contributed by atoms with Crippen LogP contribution < -0.4 is 0 Å². The molecule has 1 amide bonds. The van der Waals surface area contributed by atoms with E-state index in [9.17, 15) is 9.59 Å². The second-order valence-corrected chi connectivity index (χ2v) is 7.10. The number of thiophene rings is 1. The normalized spacial score (nSPS) is 21.8. The minimum absolute atomic E-state index is 0.0192. The lowest BCUT2D eigenvalue weighted by Crippen LogP contribution is -2.40. The maximum absolute atomic E-state index is 12.6. The molecule has 1 fully saturated rings. The van der Waals surface area contributed by atoms with E-state index in [0.29, 0.717) is 0 Å². The van der Waals surface area contributed by atoms with E-state index in [2.05, 4.69) is 0 Å². The third kappa shape index (κ3) is 2.65. The average Bonchev–Trinajstić information content (AvgIpc) is 3.11. The van der Waals surface area contributed by atoms with E-state index >= 15 is 0 Å². The Balaban J connectivity index is 1.81. The van der Waals surface area contributed by atoms with Gasteiger partial charge in [-0.3, -0.25) is 9.59 Å². The lowest BCUT2D eigenvalue weighted by Gasteiger charge is -2.28. The molecule has 0 radical (unpaired) electrons. The number of carboxylic acids is 1. The fourth-order valence-electron chi connectivity index (χ4n) is 2.42. The second-order valence-electron chi connectivity index (χ2n) is 4.89. The molecule has 6 heteroatoms. The molecule has 0 unspecified atom stereocenters. The van der Waals surface area contributed by atoms with Crippen molar-refractivity contribution >= 4 is 35.0 Å². The molecule has 1 N–H and O–H groups in total. The Morgan fingerprint density at radius 2 is 2.21 bits per heavy atom. The summed E-state index contributed by atoms with van der Waals surface area (Å²) in [6, 6.07) is 2.16. The Kier molecular flexibility index (Phi) is 3.54. The van der Waals surface area contributed by atoms with Gasteiger partial charge in [-0.2, -0.15) is 0 Å². The molecule has 1 aromatic rings. The van der Waals surface area contributed by atoms with E-state index < -0.39 is 5.97 Å². The van der Waals surface area contributed by atoms with Gasteiger partial charge in [0.05, 0.1) is 0 Å². The van der Waals surface area contributed by atoms with Crippen LogP contribution in [0.5, 0.6) is 0 Å². The molecule has 2 heterocycles. The first kappa shape index (κ1) is 13.0. The first-order chi connectivity index (χ1) is 9.16. The van der Waals surface area contributed by atoms with Crippen molar-refractivity contribution < 1.29 is 14.7 Å². The van der Waals surface area contributed by atoms with Crippen LogP contribution in [0, 0.1) is 0 Å². The van der Waals surface area contributed by atoms with Gasteiger partial charge < -0.3 is 10.0 Å². The molecule has 0 bridgehead atoms. The molecule has 1 atom stereocenters. The zero-order valence-electron chi connectivity index (χ0n) is 10.4. The third-order valence-corrected chi connectivity index (χ3v) is 5.70. The van der Waals surface area contributed by atoms with Crippen LogP contribution in [0.2, 0.25) is 0 Å². The van der Waals surface area contributed by atoms with E-state index in [4.69, 9.17) is 5.11 Å². The van der Waals surface area contributed by atoms with Gasteiger partial charge >= 0.3 is 5.97 Å². The monoisotopic (exact) mass is 297 g/mol. The first-order valence-electron chi connectivity index (χ1n) is 6.37.